The Morgan fingerprint density at radius 1 is 1.10 bits per heavy atom. The molecule has 0 atom stereocenters. The topological polar surface area (TPSA) is 76.0 Å². The molecule has 6 nitrogen and oxygen atoms in total. The van der Waals surface area contributed by atoms with Crippen LogP contribution in [0.3, 0.4) is 0 Å². The number of halogens is 3. The Bertz CT molecular complexity index is 1100. The molecule has 1 heterocycles. The van der Waals surface area contributed by atoms with Crippen molar-refractivity contribution in [1.29, 1.82) is 0 Å². The molecular weight excluding hydrogens is 397 g/mol. The van der Waals surface area contributed by atoms with Gasteiger partial charge in [-0.05, 0) is 36.8 Å². The lowest BCUT2D eigenvalue weighted by Gasteiger charge is -2.14. The summed E-state index contributed by atoms with van der Waals surface area (Å²) in [5.41, 5.74) is 1.97. The van der Waals surface area contributed by atoms with E-state index in [0.717, 1.165) is 4.57 Å². The standard InChI is InChI=1S/C21H21F3N4O2/c1-12(2)19(30)25-14-9-8-13(3)16(10-14)26-18(29)11-28-17-7-5-4-6-15(17)27-20(28)21(22,23)24/h4-10,12H,11H2,1-3H3,(H,25,30)(H,26,29). The van der Waals surface area contributed by atoms with Crippen LogP contribution in [0.25, 0.3) is 11.0 Å². The summed E-state index contributed by atoms with van der Waals surface area (Å²) in [4.78, 5) is 28.1. The molecule has 0 aliphatic rings. The number of aromatic nitrogens is 2. The summed E-state index contributed by atoms with van der Waals surface area (Å²) in [6.45, 7) is 4.69. The Morgan fingerprint density at radius 2 is 1.80 bits per heavy atom. The third kappa shape index (κ3) is 4.61. The number of amides is 2. The zero-order valence-electron chi connectivity index (χ0n) is 16.7. The molecule has 3 rings (SSSR count). The normalized spacial score (nSPS) is 11.7. The van der Waals surface area contributed by atoms with Gasteiger partial charge in [-0.3, -0.25) is 9.59 Å². The number of benzene rings is 2. The van der Waals surface area contributed by atoms with Crippen molar-refractivity contribution in [2.45, 2.75) is 33.5 Å². The summed E-state index contributed by atoms with van der Waals surface area (Å²) in [7, 11) is 0. The molecule has 0 aliphatic heterocycles. The van der Waals surface area contributed by atoms with Gasteiger partial charge in [-0.1, -0.05) is 32.0 Å². The average molecular weight is 418 g/mol. The van der Waals surface area contributed by atoms with Gasteiger partial charge < -0.3 is 15.2 Å². The average Bonchev–Trinajstić information content (AvgIpc) is 3.03. The SMILES string of the molecule is Cc1ccc(NC(=O)C(C)C)cc1NC(=O)Cn1c(C(F)(F)F)nc2ccccc21. The molecule has 1 aromatic heterocycles. The van der Waals surface area contributed by atoms with Gasteiger partial charge in [0.15, 0.2) is 0 Å². The lowest BCUT2D eigenvalue weighted by atomic mass is 10.1. The second-order valence-electron chi connectivity index (χ2n) is 7.23. The van der Waals surface area contributed by atoms with Gasteiger partial charge in [0.1, 0.15) is 6.54 Å². The molecule has 0 fully saturated rings. The number of rotatable bonds is 5. The third-order valence-electron chi connectivity index (χ3n) is 4.51. The minimum Gasteiger partial charge on any atom is -0.326 e. The number of nitrogens with zero attached hydrogens (tertiary/aromatic N) is 2. The molecule has 2 aromatic carbocycles. The minimum atomic E-state index is -4.70. The predicted octanol–water partition coefficient (Wildman–Crippen LogP) is 4.60. The fourth-order valence-corrected chi connectivity index (χ4v) is 2.91. The van der Waals surface area contributed by atoms with Gasteiger partial charge >= 0.3 is 6.18 Å². The fraction of sp³-hybridized carbons (Fsp3) is 0.286. The van der Waals surface area contributed by atoms with Crippen LogP contribution in [-0.2, 0) is 22.3 Å². The molecule has 2 N–H and O–H groups in total. The fourth-order valence-electron chi connectivity index (χ4n) is 2.91. The van der Waals surface area contributed by atoms with E-state index in [2.05, 4.69) is 15.6 Å². The van der Waals surface area contributed by atoms with Crippen molar-refractivity contribution in [3.05, 3.63) is 53.9 Å². The summed E-state index contributed by atoms with van der Waals surface area (Å²) < 4.78 is 41.1. The smallest absolute Gasteiger partial charge is 0.326 e. The zero-order valence-corrected chi connectivity index (χ0v) is 16.7. The van der Waals surface area contributed by atoms with Crippen LogP contribution in [0.1, 0.15) is 25.2 Å². The van der Waals surface area contributed by atoms with Gasteiger partial charge in [-0.15, -0.1) is 0 Å². The first-order valence-electron chi connectivity index (χ1n) is 9.30. The van der Waals surface area contributed by atoms with Crippen LogP contribution in [0.4, 0.5) is 24.5 Å². The molecule has 0 bridgehead atoms. The number of hydrogen-bond acceptors (Lipinski definition) is 3. The maximum absolute atomic E-state index is 13.4. The third-order valence-corrected chi connectivity index (χ3v) is 4.51. The number of anilines is 2. The molecular formula is C21H21F3N4O2. The van der Waals surface area contributed by atoms with Crippen molar-refractivity contribution < 1.29 is 22.8 Å². The number of hydrogen-bond donors (Lipinski definition) is 2. The van der Waals surface area contributed by atoms with E-state index < -0.39 is 24.5 Å². The Morgan fingerprint density at radius 3 is 2.47 bits per heavy atom. The van der Waals surface area contributed by atoms with Crippen molar-refractivity contribution >= 4 is 34.2 Å². The van der Waals surface area contributed by atoms with Crippen LogP contribution in [0, 0.1) is 12.8 Å². The number of carbonyl (C=O) groups excluding carboxylic acids is 2. The summed E-state index contributed by atoms with van der Waals surface area (Å²) in [5.74, 6) is -2.18. The van der Waals surface area contributed by atoms with Gasteiger partial charge in [0.05, 0.1) is 11.0 Å². The highest BCUT2D eigenvalue weighted by molar-refractivity contribution is 5.95. The van der Waals surface area contributed by atoms with E-state index >= 15 is 0 Å². The molecule has 158 valence electrons. The maximum atomic E-state index is 13.4. The van der Waals surface area contributed by atoms with Crippen molar-refractivity contribution in [3.63, 3.8) is 0 Å². The first-order valence-corrected chi connectivity index (χ1v) is 9.30. The van der Waals surface area contributed by atoms with Crippen molar-refractivity contribution in [2.24, 2.45) is 5.92 Å². The number of carbonyl (C=O) groups is 2. The van der Waals surface area contributed by atoms with Crippen LogP contribution < -0.4 is 10.6 Å². The first-order chi connectivity index (χ1) is 14.1. The van der Waals surface area contributed by atoms with Gasteiger partial charge in [0.2, 0.25) is 17.6 Å². The van der Waals surface area contributed by atoms with Gasteiger partial charge in [-0.25, -0.2) is 4.98 Å². The highest BCUT2D eigenvalue weighted by Crippen LogP contribution is 2.31. The monoisotopic (exact) mass is 418 g/mol. The van der Waals surface area contributed by atoms with E-state index in [4.69, 9.17) is 0 Å². The zero-order chi connectivity index (χ0) is 22.1. The van der Waals surface area contributed by atoms with Gasteiger partial charge in [-0.2, -0.15) is 13.2 Å². The van der Waals surface area contributed by atoms with Crippen LogP contribution in [-0.4, -0.2) is 21.4 Å². The molecule has 0 aliphatic carbocycles. The molecule has 30 heavy (non-hydrogen) atoms. The maximum Gasteiger partial charge on any atom is 0.449 e. The Hall–Kier alpha value is -3.36. The van der Waals surface area contributed by atoms with Crippen LogP contribution >= 0.6 is 0 Å². The van der Waals surface area contributed by atoms with E-state index in [0.29, 0.717) is 16.9 Å². The second-order valence-corrected chi connectivity index (χ2v) is 7.23. The number of aryl methyl sites for hydroxylation is 1. The lowest BCUT2D eigenvalue weighted by molar-refractivity contribution is -0.147. The summed E-state index contributed by atoms with van der Waals surface area (Å²) >= 11 is 0. The Kier molecular flexibility index (Phi) is 5.82. The Labute approximate surface area is 171 Å². The second kappa shape index (κ2) is 8.17. The van der Waals surface area contributed by atoms with Gasteiger partial charge in [0, 0.05) is 17.3 Å². The number of alkyl halides is 3. The van der Waals surface area contributed by atoms with Crippen LogP contribution in [0.15, 0.2) is 42.5 Å². The highest BCUT2D eigenvalue weighted by Gasteiger charge is 2.38. The molecule has 2 amide bonds. The van der Waals surface area contributed by atoms with Crippen molar-refractivity contribution in [1.82, 2.24) is 9.55 Å². The largest absolute Gasteiger partial charge is 0.449 e. The molecule has 9 heteroatoms. The van der Waals surface area contributed by atoms with Crippen LogP contribution in [0.5, 0.6) is 0 Å². The van der Waals surface area contributed by atoms with Crippen LogP contribution in [0.2, 0.25) is 0 Å². The van der Waals surface area contributed by atoms with Gasteiger partial charge in [0.25, 0.3) is 0 Å². The molecule has 0 saturated carbocycles. The number of fused-ring (bicyclic) bond motifs is 1. The highest BCUT2D eigenvalue weighted by atomic mass is 19.4. The van der Waals surface area contributed by atoms with E-state index in [1.165, 1.54) is 12.1 Å². The summed E-state index contributed by atoms with van der Waals surface area (Å²) in [5, 5.41) is 5.36. The minimum absolute atomic E-state index is 0.159. The lowest BCUT2D eigenvalue weighted by Crippen LogP contribution is -2.24. The first kappa shape index (κ1) is 21.4. The van der Waals surface area contributed by atoms with E-state index in [-0.39, 0.29) is 22.9 Å². The molecule has 3 aromatic rings. The molecule has 0 radical (unpaired) electrons. The number of nitrogens with one attached hydrogen (secondary N) is 2. The molecule has 0 spiro atoms. The predicted molar refractivity (Wildman–Crippen MR) is 108 cm³/mol. The van der Waals surface area contributed by atoms with Crippen molar-refractivity contribution in [3.8, 4) is 0 Å². The number of imidazole rings is 1. The molecule has 0 saturated heterocycles. The quantitative estimate of drug-likeness (QED) is 0.636. The van der Waals surface area contributed by atoms with Crippen molar-refractivity contribution in [2.75, 3.05) is 10.6 Å². The summed E-state index contributed by atoms with van der Waals surface area (Å²) in [6, 6.07) is 11.1. The van der Waals surface area contributed by atoms with E-state index in [1.807, 2.05) is 0 Å². The Balaban J connectivity index is 1.85. The van der Waals surface area contributed by atoms with E-state index in [1.54, 1.807) is 51.1 Å². The number of para-hydroxylation sites is 2. The molecule has 0 unspecified atom stereocenters. The summed E-state index contributed by atoms with van der Waals surface area (Å²) in [6.07, 6.45) is -4.70. The van der Waals surface area contributed by atoms with E-state index in [9.17, 15) is 22.8 Å².